The van der Waals surface area contributed by atoms with Crippen molar-refractivity contribution in [3.05, 3.63) is 70.3 Å². The van der Waals surface area contributed by atoms with Gasteiger partial charge in [0.05, 0.1) is 11.4 Å². The van der Waals surface area contributed by atoms with Crippen molar-refractivity contribution < 1.29 is 0 Å². The minimum atomic E-state index is 0.733. The van der Waals surface area contributed by atoms with Gasteiger partial charge in [-0.05, 0) is 54.0 Å². The van der Waals surface area contributed by atoms with E-state index >= 15 is 0 Å². The minimum Gasteiger partial charge on any atom is -0.305 e. The Kier molecular flexibility index (Phi) is 5.78. The molecule has 4 aromatic rings. The first kappa shape index (κ1) is 20.6. The molecule has 1 aliphatic rings. The lowest BCUT2D eigenvalue weighted by Crippen LogP contribution is -2.13. The third-order valence-corrected chi connectivity index (χ3v) is 7.63. The first-order valence-corrected chi connectivity index (χ1v) is 12.8. The van der Waals surface area contributed by atoms with Crippen LogP contribution in [0.2, 0.25) is 5.02 Å². The summed E-state index contributed by atoms with van der Waals surface area (Å²) in [7, 11) is 2.08. The second kappa shape index (κ2) is 8.69. The average molecular weight is 467 g/mol. The van der Waals surface area contributed by atoms with E-state index in [0.717, 1.165) is 57.2 Å². The van der Waals surface area contributed by atoms with Gasteiger partial charge < -0.3 is 4.90 Å². The molecule has 158 valence electrons. The highest BCUT2D eigenvalue weighted by Crippen LogP contribution is 2.35. The normalized spacial score (nSPS) is 14.1. The zero-order valence-corrected chi connectivity index (χ0v) is 19.9. The van der Waals surface area contributed by atoms with Gasteiger partial charge in [-0.1, -0.05) is 36.7 Å². The molecule has 4 nitrogen and oxygen atoms in total. The standard InChI is InChI=1S/C24H23ClN4S2/c1-3-20-23(28(2)24-27-21(15-31-24)17-4-7-19(25)8-5-17)29-14-18(6-9-22(29)26-20)16-10-12-30-13-11-16/h4-10,14-15H,3,11-13H2,1-2H3. The lowest BCUT2D eigenvalue weighted by Gasteiger charge is -2.18. The van der Waals surface area contributed by atoms with Crippen molar-refractivity contribution in [2.75, 3.05) is 23.5 Å². The smallest absolute Gasteiger partial charge is 0.191 e. The molecule has 0 amide bonds. The van der Waals surface area contributed by atoms with Gasteiger partial charge in [-0.15, -0.1) is 11.3 Å². The highest BCUT2D eigenvalue weighted by molar-refractivity contribution is 7.99. The van der Waals surface area contributed by atoms with Crippen LogP contribution in [0.4, 0.5) is 10.9 Å². The third-order valence-electron chi connectivity index (χ3n) is 5.57. The maximum Gasteiger partial charge on any atom is 0.191 e. The molecule has 1 aliphatic heterocycles. The van der Waals surface area contributed by atoms with E-state index in [9.17, 15) is 0 Å². The van der Waals surface area contributed by atoms with E-state index in [2.05, 4.69) is 53.1 Å². The minimum absolute atomic E-state index is 0.733. The van der Waals surface area contributed by atoms with Crippen molar-refractivity contribution in [2.45, 2.75) is 19.8 Å². The van der Waals surface area contributed by atoms with Crippen LogP contribution in [0.15, 0.2) is 54.1 Å². The van der Waals surface area contributed by atoms with Gasteiger partial charge in [-0.2, -0.15) is 11.8 Å². The summed E-state index contributed by atoms with van der Waals surface area (Å²) in [5.74, 6) is 3.37. The Morgan fingerprint density at radius 2 is 1.90 bits per heavy atom. The Morgan fingerprint density at radius 1 is 1.10 bits per heavy atom. The van der Waals surface area contributed by atoms with Gasteiger partial charge in [-0.3, -0.25) is 4.40 Å². The molecule has 4 heterocycles. The fraction of sp³-hybridized carbons (Fsp3) is 0.250. The number of thiazole rings is 1. The summed E-state index contributed by atoms with van der Waals surface area (Å²) in [5, 5.41) is 3.78. The first-order valence-electron chi connectivity index (χ1n) is 10.4. The molecule has 0 saturated heterocycles. The van der Waals surface area contributed by atoms with Crippen LogP contribution >= 0.6 is 34.7 Å². The predicted octanol–water partition coefficient (Wildman–Crippen LogP) is 6.96. The quantitative estimate of drug-likeness (QED) is 0.318. The number of imidazole rings is 1. The fourth-order valence-corrected chi connectivity index (χ4v) is 5.69. The molecule has 0 saturated carbocycles. The molecule has 3 aromatic heterocycles. The van der Waals surface area contributed by atoms with Crippen LogP contribution in [0, 0.1) is 0 Å². The Balaban J connectivity index is 1.55. The van der Waals surface area contributed by atoms with Crippen LogP contribution in [-0.4, -0.2) is 32.9 Å². The van der Waals surface area contributed by atoms with Crippen LogP contribution < -0.4 is 4.90 Å². The molecule has 0 radical (unpaired) electrons. The molecular weight excluding hydrogens is 444 g/mol. The summed E-state index contributed by atoms with van der Waals surface area (Å²) in [4.78, 5) is 12.0. The molecule has 5 rings (SSSR count). The molecule has 1 aromatic carbocycles. The molecule has 0 fully saturated rings. The number of benzene rings is 1. The summed E-state index contributed by atoms with van der Waals surface area (Å²) in [6, 6.07) is 12.2. The second-order valence-electron chi connectivity index (χ2n) is 7.52. The number of halogens is 1. The first-order chi connectivity index (χ1) is 15.1. The number of fused-ring (bicyclic) bond motifs is 1. The second-order valence-corrected chi connectivity index (χ2v) is 9.94. The van der Waals surface area contributed by atoms with E-state index < -0.39 is 0 Å². The Labute approximate surface area is 195 Å². The third kappa shape index (κ3) is 4.00. The van der Waals surface area contributed by atoms with E-state index in [0.29, 0.717) is 0 Å². The maximum atomic E-state index is 6.04. The van der Waals surface area contributed by atoms with Crippen LogP contribution in [0.5, 0.6) is 0 Å². The van der Waals surface area contributed by atoms with Crippen molar-refractivity contribution >= 4 is 56.9 Å². The number of thioether (sulfide) groups is 1. The highest BCUT2D eigenvalue weighted by Gasteiger charge is 2.20. The monoisotopic (exact) mass is 466 g/mol. The predicted molar refractivity (Wildman–Crippen MR) is 135 cm³/mol. The summed E-state index contributed by atoms with van der Waals surface area (Å²) >= 11 is 9.67. The van der Waals surface area contributed by atoms with Gasteiger partial charge in [0.25, 0.3) is 0 Å². The number of nitrogens with zero attached hydrogens (tertiary/aromatic N) is 4. The van der Waals surface area contributed by atoms with Crippen molar-refractivity contribution in [3.63, 3.8) is 0 Å². The number of hydrogen-bond donors (Lipinski definition) is 0. The number of allylic oxidation sites excluding steroid dienone is 1. The van der Waals surface area contributed by atoms with Gasteiger partial charge >= 0.3 is 0 Å². The molecule has 0 aliphatic carbocycles. The topological polar surface area (TPSA) is 33.4 Å². The van der Waals surface area contributed by atoms with Crippen molar-refractivity contribution in [1.82, 2.24) is 14.4 Å². The molecule has 0 unspecified atom stereocenters. The number of rotatable bonds is 5. The van der Waals surface area contributed by atoms with Gasteiger partial charge in [0.15, 0.2) is 5.13 Å². The van der Waals surface area contributed by atoms with Gasteiger partial charge in [0.1, 0.15) is 11.5 Å². The van der Waals surface area contributed by atoms with Crippen molar-refractivity contribution in [1.29, 1.82) is 0 Å². The summed E-state index contributed by atoms with van der Waals surface area (Å²) in [6.45, 7) is 2.15. The van der Waals surface area contributed by atoms with Gasteiger partial charge in [0.2, 0.25) is 0 Å². The van der Waals surface area contributed by atoms with Gasteiger partial charge in [-0.25, -0.2) is 9.97 Å². The van der Waals surface area contributed by atoms with E-state index in [1.807, 2.05) is 36.0 Å². The van der Waals surface area contributed by atoms with Crippen LogP contribution in [0.1, 0.15) is 24.6 Å². The Morgan fingerprint density at radius 3 is 2.65 bits per heavy atom. The van der Waals surface area contributed by atoms with E-state index in [1.165, 1.54) is 16.9 Å². The van der Waals surface area contributed by atoms with E-state index in [1.54, 1.807) is 11.3 Å². The largest absolute Gasteiger partial charge is 0.305 e. The molecule has 0 spiro atoms. The molecule has 0 atom stereocenters. The number of anilines is 2. The van der Waals surface area contributed by atoms with Crippen molar-refractivity contribution in [3.8, 4) is 11.3 Å². The van der Waals surface area contributed by atoms with Crippen molar-refractivity contribution in [2.24, 2.45) is 0 Å². The van der Waals surface area contributed by atoms with Crippen LogP contribution in [0.3, 0.4) is 0 Å². The highest BCUT2D eigenvalue weighted by atomic mass is 35.5. The average Bonchev–Trinajstić information content (AvgIpc) is 3.44. The number of aromatic nitrogens is 3. The van der Waals surface area contributed by atoms with E-state index in [-0.39, 0.29) is 0 Å². The zero-order chi connectivity index (χ0) is 21.4. The fourth-order valence-electron chi connectivity index (χ4n) is 3.91. The lowest BCUT2D eigenvalue weighted by molar-refractivity contribution is 1.01. The molecule has 7 heteroatoms. The van der Waals surface area contributed by atoms with E-state index in [4.69, 9.17) is 21.6 Å². The van der Waals surface area contributed by atoms with Crippen LogP contribution in [0.25, 0.3) is 22.5 Å². The summed E-state index contributed by atoms with van der Waals surface area (Å²) in [6.07, 6.45) is 6.58. The molecule has 0 bridgehead atoms. The van der Waals surface area contributed by atoms with Crippen LogP contribution in [-0.2, 0) is 6.42 Å². The Bertz CT molecular complexity index is 1260. The molecular formula is C24H23ClN4S2. The Hall–Kier alpha value is -2.28. The lowest BCUT2D eigenvalue weighted by atomic mass is 10.1. The SMILES string of the molecule is CCc1nc2ccc(C3=CCSCC3)cn2c1N(C)c1nc(-c2ccc(Cl)cc2)cs1. The molecule has 0 N–H and O–H groups in total. The number of pyridine rings is 1. The number of hydrogen-bond acceptors (Lipinski definition) is 5. The molecule has 31 heavy (non-hydrogen) atoms. The number of aryl methyl sites for hydroxylation is 1. The zero-order valence-electron chi connectivity index (χ0n) is 17.5. The summed E-state index contributed by atoms with van der Waals surface area (Å²) < 4.78 is 2.22. The van der Waals surface area contributed by atoms with Gasteiger partial charge in [0, 0.05) is 35.0 Å². The summed E-state index contributed by atoms with van der Waals surface area (Å²) in [5.41, 5.74) is 6.79. The maximum absolute atomic E-state index is 6.04.